The van der Waals surface area contributed by atoms with Crippen molar-refractivity contribution < 1.29 is 8.42 Å². The second kappa shape index (κ2) is 5.81. The van der Waals surface area contributed by atoms with Crippen molar-refractivity contribution in [1.29, 1.82) is 0 Å². The first kappa shape index (κ1) is 15.1. The normalized spacial score (nSPS) is 12.3. The third-order valence-corrected chi connectivity index (χ3v) is 4.39. The van der Waals surface area contributed by atoms with Crippen LogP contribution in [-0.4, -0.2) is 37.8 Å². The minimum Gasteiger partial charge on any atom is -0.313 e. The third-order valence-electron chi connectivity index (χ3n) is 2.73. The monoisotopic (exact) mass is 274 g/mol. The van der Waals surface area contributed by atoms with Gasteiger partial charge in [0, 0.05) is 12.6 Å². The molecule has 6 nitrogen and oxygen atoms in total. The van der Waals surface area contributed by atoms with Gasteiger partial charge in [0.25, 0.3) is 0 Å². The summed E-state index contributed by atoms with van der Waals surface area (Å²) < 4.78 is 27.8. The van der Waals surface area contributed by atoms with Gasteiger partial charge >= 0.3 is 0 Å². The predicted molar refractivity (Wildman–Crippen MR) is 71.1 cm³/mol. The summed E-state index contributed by atoms with van der Waals surface area (Å²) in [6.07, 6.45) is 0. The predicted octanol–water partition coefficient (Wildman–Crippen LogP) is 0.406. The Kier molecular flexibility index (Phi) is 4.89. The van der Waals surface area contributed by atoms with Gasteiger partial charge < -0.3 is 5.32 Å². The maximum atomic E-state index is 11.9. The Balaban J connectivity index is 2.95. The number of nitrogens with zero attached hydrogens (tertiary/aromatic N) is 2. The summed E-state index contributed by atoms with van der Waals surface area (Å²) in [5.41, 5.74) is 1.21. The second-order valence-corrected chi connectivity index (χ2v) is 6.36. The molecule has 0 unspecified atom stereocenters. The first-order valence-corrected chi connectivity index (χ1v) is 7.49. The lowest BCUT2D eigenvalue weighted by atomic mass is 10.4. The van der Waals surface area contributed by atoms with E-state index < -0.39 is 10.0 Å². The van der Waals surface area contributed by atoms with E-state index >= 15 is 0 Å². The van der Waals surface area contributed by atoms with Gasteiger partial charge in [0.1, 0.15) is 4.90 Å². The molecule has 2 N–H and O–H groups in total. The maximum Gasteiger partial charge on any atom is 0.243 e. The van der Waals surface area contributed by atoms with Crippen molar-refractivity contribution in [2.24, 2.45) is 0 Å². The zero-order chi connectivity index (χ0) is 13.9. The van der Waals surface area contributed by atoms with Gasteiger partial charge in [-0.3, -0.25) is 4.68 Å². The highest BCUT2D eigenvalue weighted by Gasteiger charge is 2.22. The summed E-state index contributed by atoms with van der Waals surface area (Å²) in [5, 5.41) is 7.56. The fourth-order valence-corrected chi connectivity index (χ4v) is 2.98. The van der Waals surface area contributed by atoms with Crippen LogP contribution in [0, 0.1) is 13.8 Å². The van der Waals surface area contributed by atoms with E-state index in [0.29, 0.717) is 24.0 Å². The Morgan fingerprint density at radius 2 is 1.94 bits per heavy atom. The molecule has 0 aliphatic carbocycles. The molecule has 0 aliphatic heterocycles. The summed E-state index contributed by atoms with van der Waals surface area (Å²) in [6.45, 7) is 9.04. The van der Waals surface area contributed by atoms with Gasteiger partial charge in [-0.2, -0.15) is 5.10 Å². The first-order valence-electron chi connectivity index (χ1n) is 6.00. The van der Waals surface area contributed by atoms with Gasteiger partial charge in [0.05, 0.1) is 17.9 Å². The van der Waals surface area contributed by atoms with Crippen LogP contribution in [0.25, 0.3) is 0 Å². The van der Waals surface area contributed by atoms with E-state index in [1.807, 2.05) is 0 Å². The van der Waals surface area contributed by atoms with Crippen LogP contribution in [0.4, 0.5) is 0 Å². The Labute approximate surface area is 109 Å². The fraction of sp³-hybridized carbons (Fsp3) is 0.727. The van der Waals surface area contributed by atoms with Crippen LogP contribution in [0.15, 0.2) is 4.90 Å². The average Bonchev–Trinajstić information content (AvgIpc) is 2.54. The van der Waals surface area contributed by atoms with Crippen LogP contribution in [0.1, 0.15) is 25.2 Å². The Hall–Kier alpha value is -0.920. The molecule has 0 amide bonds. The van der Waals surface area contributed by atoms with Crippen molar-refractivity contribution in [1.82, 2.24) is 19.8 Å². The number of aryl methyl sites for hydroxylation is 1. The van der Waals surface area contributed by atoms with Gasteiger partial charge in [0.2, 0.25) is 10.0 Å². The summed E-state index contributed by atoms with van der Waals surface area (Å²) in [7, 11) is -2.03. The molecule has 0 radical (unpaired) electrons. The number of aromatic nitrogens is 2. The molecule has 0 saturated carbocycles. The highest BCUT2D eigenvalue weighted by molar-refractivity contribution is 7.89. The standard InChI is InChI=1S/C11H22N4O2S/c1-8(2)13-6-7-15-10(4)11(9(3)14-15)18(16,17)12-5/h8,12-13H,6-7H2,1-5H3. The van der Waals surface area contributed by atoms with Crippen molar-refractivity contribution in [3.8, 4) is 0 Å². The molecule has 7 heteroatoms. The van der Waals surface area contributed by atoms with Gasteiger partial charge in [0.15, 0.2) is 0 Å². The van der Waals surface area contributed by atoms with Crippen LogP contribution in [0.5, 0.6) is 0 Å². The number of hydrogen-bond donors (Lipinski definition) is 2. The zero-order valence-electron chi connectivity index (χ0n) is 11.6. The maximum absolute atomic E-state index is 11.9. The van der Waals surface area contributed by atoms with Crippen molar-refractivity contribution in [3.05, 3.63) is 11.4 Å². The molecule has 0 fully saturated rings. The Morgan fingerprint density at radius 1 is 1.33 bits per heavy atom. The van der Waals surface area contributed by atoms with Crippen molar-refractivity contribution in [2.75, 3.05) is 13.6 Å². The van der Waals surface area contributed by atoms with Crippen LogP contribution >= 0.6 is 0 Å². The minimum absolute atomic E-state index is 0.287. The Bertz CT molecular complexity index is 505. The molecule has 0 spiro atoms. The summed E-state index contributed by atoms with van der Waals surface area (Å²) >= 11 is 0. The molecular weight excluding hydrogens is 252 g/mol. The van der Waals surface area contributed by atoms with Crippen LogP contribution in [-0.2, 0) is 16.6 Å². The molecule has 1 aromatic rings. The number of rotatable bonds is 6. The lowest BCUT2D eigenvalue weighted by Gasteiger charge is -2.09. The van der Waals surface area contributed by atoms with E-state index in [4.69, 9.17) is 0 Å². The zero-order valence-corrected chi connectivity index (χ0v) is 12.4. The van der Waals surface area contributed by atoms with Crippen molar-refractivity contribution in [2.45, 2.75) is 45.2 Å². The molecule has 18 heavy (non-hydrogen) atoms. The lowest BCUT2D eigenvalue weighted by molar-refractivity contribution is 0.506. The molecule has 0 aromatic carbocycles. The fourth-order valence-electron chi connectivity index (χ4n) is 1.85. The smallest absolute Gasteiger partial charge is 0.243 e. The molecule has 0 aliphatic rings. The summed E-state index contributed by atoms with van der Waals surface area (Å²) in [5.74, 6) is 0. The van der Waals surface area contributed by atoms with Gasteiger partial charge in [-0.25, -0.2) is 13.1 Å². The van der Waals surface area contributed by atoms with Crippen LogP contribution in [0.3, 0.4) is 0 Å². The second-order valence-electron chi connectivity index (χ2n) is 4.54. The number of sulfonamides is 1. The molecule has 1 aromatic heterocycles. The van der Waals surface area contributed by atoms with Crippen molar-refractivity contribution >= 4 is 10.0 Å². The first-order chi connectivity index (χ1) is 8.29. The van der Waals surface area contributed by atoms with E-state index in [2.05, 4.69) is 29.0 Å². The highest BCUT2D eigenvalue weighted by Crippen LogP contribution is 2.18. The van der Waals surface area contributed by atoms with Crippen LogP contribution in [0.2, 0.25) is 0 Å². The summed E-state index contributed by atoms with van der Waals surface area (Å²) in [4.78, 5) is 0.287. The average molecular weight is 274 g/mol. The van der Waals surface area contributed by atoms with Crippen molar-refractivity contribution in [3.63, 3.8) is 0 Å². The number of hydrogen-bond acceptors (Lipinski definition) is 4. The molecule has 0 saturated heterocycles. The van der Waals surface area contributed by atoms with E-state index in [-0.39, 0.29) is 4.90 Å². The summed E-state index contributed by atoms with van der Waals surface area (Å²) in [6, 6.07) is 0.405. The molecule has 1 rings (SSSR count). The van der Waals surface area contributed by atoms with Crippen LogP contribution < -0.4 is 10.0 Å². The minimum atomic E-state index is -3.43. The van der Waals surface area contributed by atoms with E-state index in [1.54, 1.807) is 18.5 Å². The van der Waals surface area contributed by atoms with E-state index in [1.165, 1.54) is 7.05 Å². The van der Waals surface area contributed by atoms with Gasteiger partial charge in [-0.15, -0.1) is 0 Å². The van der Waals surface area contributed by atoms with E-state index in [9.17, 15) is 8.42 Å². The van der Waals surface area contributed by atoms with Gasteiger partial charge in [-0.1, -0.05) is 13.8 Å². The molecule has 0 bridgehead atoms. The highest BCUT2D eigenvalue weighted by atomic mass is 32.2. The SMILES string of the molecule is CNS(=O)(=O)c1c(C)nn(CCNC(C)C)c1C. The number of nitrogens with one attached hydrogen (secondary N) is 2. The Morgan fingerprint density at radius 3 is 2.44 bits per heavy atom. The molecular formula is C11H22N4O2S. The quantitative estimate of drug-likeness (QED) is 0.787. The topological polar surface area (TPSA) is 76.0 Å². The van der Waals surface area contributed by atoms with E-state index in [0.717, 1.165) is 6.54 Å². The lowest BCUT2D eigenvalue weighted by Crippen LogP contribution is -2.27. The largest absolute Gasteiger partial charge is 0.313 e. The third kappa shape index (κ3) is 3.30. The molecule has 1 heterocycles. The van der Waals surface area contributed by atoms with Gasteiger partial charge in [-0.05, 0) is 20.9 Å². The molecule has 0 atom stereocenters. The molecule has 104 valence electrons.